The molecule has 170 valence electrons. The van der Waals surface area contributed by atoms with Gasteiger partial charge in [0.05, 0.1) is 0 Å². The molecule has 2 amide bonds. The van der Waals surface area contributed by atoms with Crippen LogP contribution in [0.1, 0.15) is 49.1 Å². The fraction of sp³-hybridized carbons (Fsp3) is 0.550. The lowest BCUT2D eigenvalue weighted by molar-refractivity contribution is -0.168. The maximum Gasteiger partial charge on any atom is 0.327 e. The molecule has 31 heavy (non-hydrogen) atoms. The van der Waals surface area contributed by atoms with E-state index in [1.807, 2.05) is 0 Å². The minimum absolute atomic E-state index is 0.0880. The molecular formula is C20H24F3N3O4S. The number of nitrogens with zero attached hydrogens (tertiary/aromatic N) is 1. The summed E-state index contributed by atoms with van der Waals surface area (Å²) < 4.78 is 39.0. The summed E-state index contributed by atoms with van der Waals surface area (Å²) in [5.41, 5.74) is 4.41. The van der Waals surface area contributed by atoms with Crippen LogP contribution in [0.4, 0.5) is 13.2 Å². The molecule has 0 saturated carbocycles. The molecule has 2 aliphatic heterocycles. The van der Waals surface area contributed by atoms with Crippen LogP contribution in [0.25, 0.3) is 0 Å². The predicted molar refractivity (Wildman–Crippen MR) is 108 cm³/mol. The molecule has 3 rings (SSSR count). The van der Waals surface area contributed by atoms with Gasteiger partial charge in [-0.05, 0) is 43.0 Å². The molecule has 0 bridgehead atoms. The molecule has 2 saturated heterocycles. The average molecular weight is 459 g/mol. The van der Waals surface area contributed by atoms with Crippen molar-refractivity contribution in [1.82, 2.24) is 10.2 Å². The number of carbonyl (C=O) groups excluding carboxylic acids is 2. The van der Waals surface area contributed by atoms with Gasteiger partial charge >= 0.3 is 5.97 Å². The quantitative estimate of drug-likeness (QED) is 0.539. The van der Waals surface area contributed by atoms with E-state index in [1.54, 1.807) is 13.8 Å². The molecule has 0 spiro atoms. The fourth-order valence-corrected chi connectivity index (χ4v) is 5.88. The van der Waals surface area contributed by atoms with E-state index in [1.165, 1.54) is 35.7 Å². The minimum atomic E-state index is -1.38. The van der Waals surface area contributed by atoms with Crippen LogP contribution in [0.3, 0.4) is 0 Å². The first-order chi connectivity index (χ1) is 14.4. The SMILES string of the molecule is CC1(C)S[C@H]2N(C(=O)C2(C)NC(=O)C(N)c2cc(CF)c(CF)c(CF)c2)[C@H]1C(=O)O. The van der Waals surface area contributed by atoms with Crippen LogP contribution in [0.5, 0.6) is 0 Å². The number of hydrogen-bond donors (Lipinski definition) is 3. The Labute approximate surface area is 181 Å². The number of aliphatic carboxylic acids is 1. The van der Waals surface area contributed by atoms with Gasteiger partial charge in [0.25, 0.3) is 5.91 Å². The first kappa shape index (κ1) is 23.4. The number of carboxylic acid groups (broad SMARTS) is 1. The lowest BCUT2D eigenvalue weighted by Crippen LogP contribution is -2.78. The zero-order chi connectivity index (χ0) is 23.3. The number of β-lactam (4-membered cyclic amide) rings is 1. The van der Waals surface area contributed by atoms with Gasteiger partial charge in [0.2, 0.25) is 5.91 Å². The summed E-state index contributed by atoms with van der Waals surface area (Å²) in [6.07, 6.45) is 0. The normalized spacial score (nSPS) is 27.5. The number of fused-ring (bicyclic) bond motifs is 1. The van der Waals surface area contributed by atoms with Crippen LogP contribution in [0, 0.1) is 0 Å². The van der Waals surface area contributed by atoms with Crippen LogP contribution in [-0.2, 0) is 34.4 Å². The molecule has 11 heteroatoms. The Morgan fingerprint density at radius 3 is 2.19 bits per heavy atom. The summed E-state index contributed by atoms with van der Waals surface area (Å²) in [7, 11) is 0. The number of hydrogen-bond acceptors (Lipinski definition) is 5. The molecule has 0 aromatic heterocycles. The molecule has 4 atom stereocenters. The number of rotatable bonds is 7. The van der Waals surface area contributed by atoms with E-state index in [0.717, 1.165) is 0 Å². The van der Waals surface area contributed by atoms with Crippen molar-refractivity contribution >= 4 is 29.5 Å². The van der Waals surface area contributed by atoms with Crippen LogP contribution in [0.15, 0.2) is 12.1 Å². The van der Waals surface area contributed by atoms with Crippen molar-refractivity contribution in [2.75, 3.05) is 0 Å². The first-order valence-electron chi connectivity index (χ1n) is 9.56. The smallest absolute Gasteiger partial charge is 0.327 e. The number of benzene rings is 1. The summed E-state index contributed by atoms with van der Waals surface area (Å²) >= 11 is 1.26. The van der Waals surface area contributed by atoms with Gasteiger partial charge in [0, 0.05) is 4.75 Å². The molecule has 2 fully saturated rings. The Hall–Kier alpha value is -2.27. The Balaban J connectivity index is 1.84. The average Bonchev–Trinajstić information content (AvgIpc) is 3.01. The third-order valence-corrected chi connectivity index (χ3v) is 7.67. The molecule has 1 aromatic rings. The van der Waals surface area contributed by atoms with Crippen molar-refractivity contribution in [2.45, 2.75) is 68.5 Å². The number of thioether (sulfide) groups is 1. The van der Waals surface area contributed by atoms with Crippen molar-refractivity contribution < 1.29 is 32.7 Å². The maximum atomic E-state index is 13.3. The Morgan fingerprint density at radius 2 is 1.74 bits per heavy atom. The molecule has 0 radical (unpaired) electrons. The Kier molecular flexibility index (Phi) is 6.05. The van der Waals surface area contributed by atoms with E-state index in [0.29, 0.717) is 0 Å². The highest BCUT2D eigenvalue weighted by atomic mass is 32.2. The third-order valence-electron chi connectivity index (χ3n) is 5.91. The van der Waals surface area contributed by atoms with Gasteiger partial charge in [0.15, 0.2) is 0 Å². The highest BCUT2D eigenvalue weighted by Crippen LogP contribution is 2.54. The summed E-state index contributed by atoms with van der Waals surface area (Å²) in [6.45, 7) is 1.75. The topological polar surface area (TPSA) is 113 Å². The van der Waals surface area contributed by atoms with E-state index in [2.05, 4.69) is 5.32 Å². The first-order valence-corrected chi connectivity index (χ1v) is 10.4. The van der Waals surface area contributed by atoms with E-state index in [-0.39, 0.29) is 22.3 Å². The molecule has 4 N–H and O–H groups in total. The van der Waals surface area contributed by atoms with E-state index in [9.17, 15) is 32.7 Å². The molecule has 2 aliphatic rings. The van der Waals surface area contributed by atoms with Gasteiger partial charge in [-0.15, -0.1) is 11.8 Å². The minimum Gasteiger partial charge on any atom is -0.480 e. The summed E-state index contributed by atoms with van der Waals surface area (Å²) in [6, 6.07) is 0.0195. The summed E-state index contributed by atoms with van der Waals surface area (Å²) in [5.74, 6) is -2.45. The molecule has 1 aromatic carbocycles. The highest BCUT2D eigenvalue weighted by molar-refractivity contribution is 8.01. The number of carbonyl (C=O) groups is 3. The van der Waals surface area contributed by atoms with Gasteiger partial charge in [-0.2, -0.15) is 0 Å². The number of halogens is 3. The second kappa shape index (κ2) is 8.01. The van der Waals surface area contributed by atoms with Gasteiger partial charge in [-0.3, -0.25) is 9.59 Å². The molecule has 2 heterocycles. The summed E-state index contributed by atoms with van der Waals surface area (Å²) in [5, 5.41) is 11.5. The lowest BCUT2D eigenvalue weighted by Gasteiger charge is -2.51. The second-order valence-electron chi connectivity index (χ2n) is 8.41. The predicted octanol–water partition coefficient (Wildman–Crippen LogP) is 2.12. The van der Waals surface area contributed by atoms with E-state index < -0.39 is 65.6 Å². The van der Waals surface area contributed by atoms with Gasteiger partial charge in [-0.1, -0.05) is 12.1 Å². The monoisotopic (exact) mass is 459 g/mol. The molecule has 2 unspecified atom stereocenters. The van der Waals surface area contributed by atoms with Crippen LogP contribution in [0.2, 0.25) is 0 Å². The van der Waals surface area contributed by atoms with Gasteiger partial charge < -0.3 is 21.1 Å². The van der Waals surface area contributed by atoms with Crippen LogP contribution < -0.4 is 11.1 Å². The summed E-state index contributed by atoms with van der Waals surface area (Å²) in [4.78, 5) is 38.5. The van der Waals surface area contributed by atoms with Crippen molar-refractivity contribution in [3.63, 3.8) is 0 Å². The fourth-order valence-electron chi connectivity index (χ4n) is 4.24. The van der Waals surface area contributed by atoms with E-state index >= 15 is 0 Å². The van der Waals surface area contributed by atoms with Crippen LogP contribution in [-0.4, -0.2) is 49.5 Å². The second-order valence-corrected chi connectivity index (χ2v) is 10.1. The zero-order valence-electron chi connectivity index (χ0n) is 17.2. The zero-order valence-corrected chi connectivity index (χ0v) is 18.1. The number of nitrogens with two attached hydrogens (primary N) is 1. The van der Waals surface area contributed by atoms with Gasteiger partial charge in [-0.25, -0.2) is 18.0 Å². The van der Waals surface area contributed by atoms with E-state index in [4.69, 9.17) is 5.73 Å². The number of carboxylic acids is 1. The standard InChI is InChI=1S/C20H24F3N3O4S/c1-19(2)14(16(28)29)26-17(30)20(3,18(26)31-19)25-15(27)13(24)9-4-10(6-21)12(8-23)11(5-9)7-22/h4-5,13-14,18H,6-8,24H2,1-3H3,(H,25,27)(H,28,29)/t13?,14-,18+,20?/m0/s1. The van der Waals surface area contributed by atoms with Gasteiger partial charge in [0.1, 0.15) is 43.0 Å². The Morgan fingerprint density at radius 1 is 1.19 bits per heavy atom. The molecule has 0 aliphatic carbocycles. The number of alkyl halides is 3. The van der Waals surface area contributed by atoms with Crippen LogP contribution >= 0.6 is 11.8 Å². The van der Waals surface area contributed by atoms with Crippen molar-refractivity contribution in [3.05, 3.63) is 34.4 Å². The van der Waals surface area contributed by atoms with Crippen molar-refractivity contribution in [2.24, 2.45) is 5.73 Å². The number of nitrogens with one attached hydrogen (secondary N) is 1. The lowest BCUT2D eigenvalue weighted by atomic mass is 9.85. The van der Waals surface area contributed by atoms with Crippen molar-refractivity contribution in [1.29, 1.82) is 0 Å². The molecular weight excluding hydrogens is 435 g/mol. The van der Waals surface area contributed by atoms with Crippen molar-refractivity contribution in [3.8, 4) is 0 Å². The number of amides is 2. The third kappa shape index (κ3) is 3.57. The largest absolute Gasteiger partial charge is 0.480 e. The highest BCUT2D eigenvalue weighted by Gasteiger charge is 2.70. The maximum absolute atomic E-state index is 13.3. The Bertz CT molecular complexity index is 919. The molecule has 7 nitrogen and oxygen atoms in total.